The molecule has 0 radical (unpaired) electrons. The van der Waals surface area contributed by atoms with Gasteiger partial charge in [-0.25, -0.2) is 9.18 Å². The quantitative estimate of drug-likeness (QED) is 0.682. The molecule has 0 bridgehead atoms. The van der Waals surface area contributed by atoms with Gasteiger partial charge in [-0.15, -0.1) is 0 Å². The Morgan fingerprint density at radius 2 is 1.75 bits per heavy atom. The van der Waals surface area contributed by atoms with E-state index in [0.29, 0.717) is 0 Å². The lowest BCUT2D eigenvalue weighted by atomic mass is 10.2. The number of benzene rings is 2. The van der Waals surface area contributed by atoms with E-state index in [1.807, 2.05) is 0 Å². The minimum Gasteiger partial charge on any atom is -0.452 e. The van der Waals surface area contributed by atoms with Gasteiger partial charge in [0.2, 0.25) is 0 Å². The maximum atomic E-state index is 13.0. The third-order valence-electron chi connectivity index (χ3n) is 2.87. The first-order valence-electron chi connectivity index (χ1n) is 6.65. The highest BCUT2D eigenvalue weighted by Gasteiger charge is 2.30. The van der Waals surface area contributed by atoms with Crippen LogP contribution >= 0.6 is 0 Å². The Kier molecular flexibility index (Phi) is 5.18. The molecule has 0 heterocycles. The van der Waals surface area contributed by atoms with Gasteiger partial charge in [-0.05, 0) is 36.4 Å². The van der Waals surface area contributed by atoms with Crippen molar-refractivity contribution in [3.63, 3.8) is 0 Å². The van der Waals surface area contributed by atoms with Crippen LogP contribution in [0.2, 0.25) is 0 Å². The van der Waals surface area contributed by atoms with Crippen LogP contribution in [0.3, 0.4) is 0 Å². The van der Waals surface area contributed by atoms with E-state index >= 15 is 0 Å². The van der Waals surface area contributed by atoms with Crippen LogP contribution in [0.15, 0.2) is 48.5 Å². The molecule has 0 fully saturated rings. The number of esters is 1. The molecule has 24 heavy (non-hydrogen) atoms. The summed E-state index contributed by atoms with van der Waals surface area (Å²) in [7, 11) is 0. The number of rotatable bonds is 4. The molecule has 0 unspecified atom stereocenters. The van der Waals surface area contributed by atoms with Gasteiger partial charge in [0.25, 0.3) is 5.91 Å². The second-order valence-electron chi connectivity index (χ2n) is 4.71. The maximum absolute atomic E-state index is 13.0. The highest BCUT2D eigenvalue weighted by molar-refractivity contribution is 5.95. The van der Waals surface area contributed by atoms with E-state index in [1.54, 1.807) is 0 Å². The number of ether oxygens (including phenoxy) is 1. The van der Waals surface area contributed by atoms with E-state index in [9.17, 15) is 27.2 Å². The fourth-order valence-electron chi connectivity index (χ4n) is 1.80. The predicted molar refractivity (Wildman–Crippen MR) is 76.8 cm³/mol. The summed E-state index contributed by atoms with van der Waals surface area (Å²) in [5.41, 5.74) is -1.09. The van der Waals surface area contributed by atoms with Crippen molar-refractivity contribution >= 4 is 17.6 Å². The SMILES string of the molecule is O=C(COC(=O)c1cccc(F)c1)Nc1cccc(C(F)(F)F)c1. The Morgan fingerprint density at radius 1 is 1.04 bits per heavy atom. The predicted octanol–water partition coefficient (Wildman–Crippen LogP) is 3.64. The van der Waals surface area contributed by atoms with Crippen molar-refractivity contribution < 1.29 is 31.9 Å². The van der Waals surface area contributed by atoms with Crippen LogP contribution in [0, 0.1) is 5.82 Å². The highest BCUT2D eigenvalue weighted by atomic mass is 19.4. The number of amides is 1. The molecular weight excluding hydrogens is 330 g/mol. The van der Waals surface area contributed by atoms with Crippen molar-refractivity contribution in [2.75, 3.05) is 11.9 Å². The lowest BCUT2D eigenvalue weighted by Gasteiger charge is -2.10. The molecule has 1 N–H and O–H groups in total. The normalized spacial score (nSPS) is 11.0. The number of carbonyl (C=O) groups is 2. The van der Waals surface area contributed by atoms with Crippen molar-refractivity contribution in [3.05, 3.63) is 65.5 Å². The van der Waals surface area contributed by atoms with Crippen molar-refractivity contribution in [1.82, 2.24) is 0 Å². The van der Waals surface area contributed by atoms with Gasteiger partial charge in [0, 0.05) is 5.69 Å². The Labute approximate surface area is 134 Å². The third kappa shape index (κ3) is 4.80. The molecule has 2 aromatic rings. The van der Waals surface area contributed by atoms with Gasteiger partial charge < -0.3 is 10.1 Å². The summed E-state index contributed by atoms with van der Waals surface area (Å²) >= 11 is 0. The molecule has 2 aromatic carbocycles. The van der Waals surface area contributed by atoms with Crippen molar-refractivity contribution in [3.8, 4) is 0 Å². The molecule has 0 saturated heterocycles. The van der Waals surface area contributed by atoms with Crippen LogP contribution in [-0.4, -0.2) is 18.5 Å². The first-order valence-corrected chi connectivity index (χ1v) is 6.65. The average molecular weight is 341 g/mol. The standard InChI is InChI=1S/C16H11F4NO3/c17-12-5-1-3-10(7-12)15(23)24-9-14(22)21-13-6-2-4-11(8-13)16(18,19)20/h1-8H,9H2,(H,21,22). The Hall–Kier alpha value is -2.90. The minimum absolute atomic E-state index is 0.0816. The number of anilines is 1. The molecule has 126 valence electrons. The van der Waals surface area contributed by atoms with Crippen LogP contribution in [0.1, 0.15) is 15.9 Å². The van der Waals surface area contributed by atoms with Gasteiger partial charge in [0.15, 0.2) is 6.61 Å². The van der Waals surface area contributed by atoms with Gasteiger partial charge in [-0.3, -0.25) is 4.79 Å². The first kappa shape index (κ1) is 17.5. The lowest BCUT2D eigenvalue weighted by molar-refractivity contribution is -0.137. The topological polar surface area (TPSA) is 55.4 Å². The van der Waals surface area contributed by atoms with E-state index in [-0.39, 0.29) is 11.3 Å². The summed E-state index contributed by atoms with van der Waals surface area (Å²) < 4.78 is 55.3. The third-order valence-corrected chi connectivity index (χ3v) is 2.87. The Morgan fingerprint density at radius 3 is 2.42 bits per heavy atom. The average Bonchev–Trinajstić information content (AvgIpc) is 2.52. The molecule has 8 heteroatoms. The summed E-state index contributed by atoms with van der Waals surface area (Å²) in [4.78, 5) is 23.3. The zero-order valence-electron chi connectivity index (χ0n) is 12.1. The summed E-state index contributed by atoms with van der Waals surface area (Å²) in [6.45, 7) is -0.717. The highest BCUT2D eigenvalue weighted by Crippen LogP contribution is 2.30. The second kappa shape index (κ2) is 7.12. The van der Waals surface area contributed by atoms with Gasteiger partial charge in [0.1, 0.15) is 5.82 Å². The monoisotopic (exact) mass is 341 g/mol. The second-order valence-corrected chi connectivity index (χ2v) is 4.71. The largest absolute Gasteiger partial charge is 0.452 e. The summed E-state index contributed by atoms with van der Waals surface area (Å²) in [6.07, 6.45) is -4.54. The van der Waals surface area contributed by atoms with Crippen LogP contribution in [0.5, 0.6) is 0 Å². The molecule has 1 amide bonds. The van der Waals surface area contributed by atoms with Gasteiger partial charge in [-0.2, -0.15) is 13.2 Å². The van der Waals surface area contributed by atoms with Crippen LogP contribution < -0.4 is 5.32 Å². The summed E-state index contributed by atoms with van der Waals surface area (Å²) in [6, 6.07) is 8.69. The molecular formula is C16H11F4NO3. The van der Waals surface area contributed by atoms with E-state index < -0.39 is 36.0 Å². The molecule has 0 aliphatic carbocycles. The zero-order chi connectivity index (χ0) is 17.7. The van der Waals surface area contributed by atoms with E-state index in [1.165, 1.54) is 18.2 Å². The number of hydrogen-bond donors (Lipinski definition) is 1. The van der Waals surface area contributed by atoms with Crippen molar-refractivity contribution in [1.29, 1.82) is 0 Å². The van der Waals surface area contributed by atoms with E-state index in [2.05, 4.69) is 10.1 Å². The number of alkyl halides is 3. The zero-order valence-corrected chi connectivity index (χ0v) is 12.1. The minimum atomic E-state index is -4.54. The van der Waals surface area contributed by atoms with Gasteiger partial charge >= 0.3 is 12.1 Å². The van der Waals surface area contributed by atoms with Crippen molar-refractivity contribution in [2.24, 2.45) is 0 Å². The maximum Gasteiger partial charge on any atom is 0.416 e. The molecule has 0 aliphatic rings. The number of carbonyl (C=O) groups excluding carboxylic acids is 2. The van der Waals surface area contributed by atoms with Crippen LogP contribution in [0.25, 0.3) is 0 Å². The molecule has 2 rings (SSSR count). The number of nitrogens with one attached hydrogen (secondary N) is 1. The summed E-state index contributed by atoms with van der Waals surface area (Å²) in [5.74, 6) is -2.38. The van der Waals surface area contributed by atoms with Crippen LogP contribution in [0.4, 0.5) is 23.2 Å². The Bertz CT molecular complexity index is 759. The van der Waals surface area contributed by atoms with Gasteiger partial charge in [0.05, 0.1) is 11.1 Å². The smallest absolute Gasteiger partial charge is 0.416 e. The fraction of sp³-hybridized carbons (Fsp3) is 0.125. The molecule has 0 aliphatic heterocycles. The lowest BCUT2D eigenvalue weighted by Crippen LogP contribution is -2.21. The summed E-state index contributed by atoms with van der Waals surface area (Å²) in [5, 5.41) is 2.18. The Balaban J connectivity index is 1.93. The molecule has 0 atom stereocenters. The molecule has 0 saturated carbocycles. The molecule has 0 spiro atoms. The number of hydrogen-bond acceptors (Lipinski definition) is 3. The molecule has 0 aromatic heterocycles. The van der Waals surface area contributed by atoms with Crippen LogP contribution in [-0.2, 0) is 15.7 Å². The number of halogens is 4. The molecule has 4 nitrogen and oxygen atoms in total. The van der Waals surface area contributed by atoms with Gasteiger partial charge in [-0.1, -0.05) is 12.1 Å². The van der Waals surface area contributed by atoms with Crippen molar-refractivity contribution in [2.45, 2.75) is 6.18 Å². The van der Waals surface area contributed by atoms with E-state index in [0.717, 1.165) is 30.3 Å². The van der Waals surface area contributed by atoms with E-state index in [4.69, 9.17) is 0 Å². The fourth-order valence-corrected chi connectivity index (χ4v) is 1.80. The first-order chi connectivity index (χ1) is 11.3.